The highest BCUT2D eigenvalue weighted by atomic mass is 32.2. The summed E-state index contributed by atoms with van der Waals surface area (Å²) in [5.41, 5.74) is -0.386. The van der Waals surface area contributed by atoms with Crippen LogP contribution >= 0.6 is 0 Å². The van der Waals surface area contributed by atoms with E-state index in [4.69, 9.17) is 0 Å². The number of anilines is 1. The van der Waals surface area contributed by atoms with Crippen LogP contribution in [0.1, 0.15) is 18.4 Å². The molecule has 7 heteroatoms. The van der Waals surface area contributed by atoms with Gasteiger partial charge >= 0.3 is 0 Å². The first-order valence-corrected chi connectivity index (χ1v) is 7.63. The van der Waals surface area contributed by atoms with Gasteiger partial charge in [0.1, 0.15) is 11.5 Å². The Bertz CT molecular complexity index is 569. The molecule has 0 aliphatic carbocycles. The first-order valence-electron chi connectivity index (χ1n) is 6.09. The number of hydrogen-bond donors (Lipinski definition) is 2. The van der Waals surface area contributed by atoms with Gasteiger partial charge in [-0.25, -0.2) is 17.2 Å². The second kappa shape index (κ2) is 5.42. The van der Waals surface area contributed by atoms with Crippen molar-refractivity contribution in [3.63, 3.8) is 0 Å². The van der Waals surface area contributed by atoms with Crippen molar-refractivity contribution in [1.82, 2.24) is 5.32 Å². The van der Waals surface area contributed by atoms with Crippen LogP contribution in [0.3, 0.4) is 0 Å². The molecule has 2 N–H and O–H groups in total. The SMILES string of the molecule is Cc1ccc(F)c(NS(=O)(=O)C2CCNCC2)c1F. The van der Waals surface area contributed by atoms with Crippen molar-refractivity contribution in [3.05, 3.63) is 29.3 Å². The van der Waals surface area contributed by atoms with Crippen molar-refractivity contribution in [2.45, 2.75) is 25.0 Å². The highest BCUT2D eigenvalue weighted by Crippen LogP contribution is 2.25. The van der Waals surface area contributed by atoms with E-state index in [0.29, 0.717) is 25.9 Å². The minimum Gasteiger partial charge on any atom is -0.317 e. The fraction of sp³-hybridized carbons (Fsp3) is 0.500. The Morgan fingerprint density at radius 3 is 2.53 bits per heavy atom. The van der Waals surface area contributed by atoms with Crippen LogP contribution in [-0.4, -0.2) is 26.8 Å². The second-order valence-corrected chi connectivity index (χ2v) is 6.61. The minimum atomic E-state index is -3.77. The molecular weight excluding hydrogens is 274 g/mol. The lowest BCUT2D eigenvalue weighted by Crippen LogP contribution is -2.38. The van der Waals surface area contributed by atoms with Crippen LogP contribution in [0.2, 0.25) is 0 Å². The average Bonchev–Trinajstić information content (AvgIpc) is 2.40. The van der Waals surface area contributed by atoms with Gasteiger partial charge in [-0.05, 0) is 44.5 Å². The van der Waals surface area contributed by atoms with E-state index in [1.165, 1.54) is 13.0 Å². The van der Waals surface area contributed by atoms with Crippen LogP contribution in [0.25, 0.3) is 0 Å². The standard InChI is InChI=1S/C12H16F2N2O2S/c1-8-2-3-10(13)12(11(8)14)16-19(17,18)9-4-6-15-7-5-9/h2-3,9,15-16H,4-7H2,1H3. The summed E-state index contributed by atoms with van der Waals surface area (Å²) >= 11 is 0. The van der Waals surface area contributed by atoms with Crippen LogP contribution in [-0.2, 0) is 10.0 Å². The predicted molar refractivity (Wildman–Crippen MR) is 69.5 cm³/mol. The van der Waals surface area contributed by atoms with Crippen molar-refractivity contribution in [3.8, 4) is 0 Å². The summed E-state index contributed by atoms with van der Waals surface area (Å²) in [5.74, 6) is -1.77. The predicted octanol–water partition coefficient (Wildman–Crippen LogP) is 1.77. The number of halogens is 2. The molecule has 0 amide bonds. The first kappa shape index (κ1) is 14.2. The van der Waals surface area contributed by atoms with Crippen molar-refractivity contribution < 1.29 is 17.2 Å². The zero-order chi connectivity index (χ0) is 14.0. The first-order chi connectivity index (χ1) is 8.92. The second-order valence-electron chi connectivity index (χ2n) is 4.65. The molecular formula is C12H16F2N2O2S. The smallest absolute Gasteiger partial charge is 0.235 e. The van der Waals surface area contributed by atoms with Crippen LogP contribution in [0.15, 0.2) is 12.1 Å². The maximum absolute atomic E-state index is 13.8. The van der Waals surface area contributed by atoms with Crippen molar-refractivity contribution >= 4 is 15.7 Å². The molecule has 1 aromatic carbocycles. The van der Waals surface area contributed by atoms with Gasteiger partial charge in [-0.15, -0.1) is 0 Å². The molecule has 0 saturated carbocycles. The van der Waals surface area contributed by atoms with Gasteiger partial charge in [0, 0.05) is 0 Å². The molecule has 1 fully saturated rings. The third-order valence-electron chi connectivity index (χ3n) is 3.25. The lowest BCUT2D eigenvalue weighted by Gasteiger charge is -2.23. The van der Waals surface area contributed by atoms with Gasteiger partial charge in [0.25, 0.3) is 0 Å². The highest BCUT2D eigenvalue weighted by Gasteiger charge is 2.29. The maximum Gasteiger partial charge on any atom is 0.235 e. The van der Waals surface area contributed by atoms with E-state index >= 15 is 0 Å². The number of sulfonamides is 1. The summed E-state index contributed by atoms with van der Waals surface area (Å²) in [6, 6.07) is 2.33. The van der Waals surface area contributed by atoms with Gasteiger partial charge < -0.3 is 5.32 Å². The molecule has 2 rings (SSSR count). The Morgan fingerprint density at radius 1 is 1.26 bits per heavy atom. The number of rotatable bonds is 3. The number of nitrogens with one attached hydrogen (secondary N) is 2. The minimum absolute atomic E-state index is 0.199. The zero-order valence-electron chi connectivity index (χ0n) is 10.5. The molecule has 0 bridgehead atoms. The summed E-state index contributed by atoms with van der Waals surface area (Å²) < 4.78 is 53.6. The Kier molecular flexibility index (Phi) is 4.05. The van der Waals surface area contributed by atoms with Crippen molar-refractivity contribution in [2.24, 2.45) is 0 Å². The molecule has 1 aromatic rings. The molecule has 106 valence electrons. The molecule has 1 saturated heterocycles. The molecule has 1 heterocycles. The number of benzene rings is 1. The third kappa shape index (κ3) is 3.03. The van der Waals surface area contributed by atoms with Crippen molar-refractivity contribution in [2.75, 3.05) is 17.8 Å². The monoisotopic (exact) mass is 290 g/mol. The fourth-order valence-electron chi connectivity index (χ4n) is 2.08. The molecule has 1 aliphatic heterocycles. The molecule has 0 radical (unpaired) electrons. The van der Waals surface area contributed by atoms with Gasteiger partial charge in [-0.3, -0.25) is 4.72 Å². The average molecular weight is 290 g/mol. The van der Waals surface area contributed by atoms with Gasteiger partial charge in [-0.2, -0.15) is 0 Å². The van der Waals surface area contributed by atoms with E-state index in [1.807, 2.05) is 0 Å². The Balaban J connectivity index is 2.27. The van der Waals surface area contributed by atoms with Gasteiger partial charge in [-0.1, -0.05) is 6.07 Å². The van der Waals surface area contributed by atoms with E-state index in [9.17, 15) is 17.2 Å². The Morgan fingerprint density at radius 2 is 1.89 bits per heavy atom. The van der Waals surface area contributed by atoms with E-state index in [1.54, 1.807) is 0 Å². The van der Waals surface area contributed by atoms with Crippen LogP contribution in [0.5, 0.6) is 0 Å². The largest absolute Gasteiger partial charge is 0.317 e. The van der Waals surface area contributed by atoms with E-state index < -0.39 is 32.6 Å². The lowest BCUT2D eigenvalue weighted by molar-refractivity contribution is 0.498. The molecule has 1 aliphatic rings. The topological polar surface area (TPSA) is 58.2 Å². The van der Waals surface area contributed by atoms with Gasteiger partial charge in [0.15, 0.2) is 5.82 Å². The van der Waals surface area contributed by atoms with E-state index in [-0.39, 0.29) is 5.56 Å². The van der Waals surface area contributed by atoms with Crippen LogP contribution in [0, 0.1) is 18.6 Å². The fourth-order valence-corrected chi connectivity index (χ4v) is 3.58. The molecule has 0 aromatic heterocycles. The molecule has 0 unspecified atom stereocenters. The number of aryl methyl sites for hydroxylation is 1. The lowest BCUT2D eigenvalue weighted by atomic mass is 10.2. The summed E-state index contributed by atoms with van der Waals surface area (Å²) in [5, 5.41) is 2.42. The number of piperidine rings is 1. The quantitative estimate of drug-likeness (QED) is 0.892. The zero-order valence-corrected chi connectivity index (χ0v) is 11.4. The summed E-state index contributed by atoms with van der Waals surface area (Å²) in [4.78, 5) is 0. The summed E-state index contributed by atoms with van der Waals surface area (Å²) in [6.07, 6.45) is 0.870. The van der Waals surface area contributed by atoms with Crippen LogP contribution < -0.4 is 10.0 Å². The Hall–Kier alpha value is -1.21. The summed E-state index contributed by atoms with van der Waals surface area (Å²) in [6.45, 7) is 2.63. The molecule has 19 heavy (non-hydrogen) atoms. The van der Waals surface area contributed by atoms with Gasteiger partial charge in [0.05, 0.1) is 5.25 Å². The normalized spacial score (nSPS) is 17.4. The third-order valence-corrected chi connectivity index (χ3v) is 5.09. The van der Waals surface area contributed by atoms with Crippen molar-refractivity contribution in [1.29, 1.82) is 0 Å². The van der Waals surface area contributed by atoms with E-state index in [0.717, 1.165) is 6.07 Å². The number of hydrogen-bond acceptors (Lipinski definition) is 3. The highest BCUT2D eigenvalue weighted by molar-refractivity contribution is 7.93. The molecule has 4 nitrogen and oxygen atoms in total. The summed E-state index contributed by atoms with van der Waals surface area (Å²) in [7, 11) is -3.77. The molecule has 0 spiro atoms. The molecule has 0 atom stereocenters. The maximum atomic E-state index is 13.8. The Labute approximate surface area is 111 Å². The van der Waals surface area contributed by atoms with E-state index in [2.05, 4.69) is 10.0 Å². The van der Waals surface area contributed by atoms with Crippen LogP contribution in [0.4, 0.5) is 14.5 Å². The van der Waals surface area contributed by atoms with Gasteiger partial charge in [0.2, 0.25) is 10.0 Å².